The Hall–Kier alpha value is -3.39. The number of furan rings is 1. The lowest BCUT2D eigenvalue weighted by Crippen LogP contribution is -2.27. The van der Waals surface area contributed by atoms with Gasteiger partial charge in [0.05, 0.1) is 6.26 Å². The molecule has 0 fully saturated rings. The van der Waals surface area contributed by atoms with E-state index in [0.29, 0.717) is 11.3 Å². The zero-order valence-corrected chi connectivity index (χ0v) is 17.8. The molecule has 154 valence electrons. The third-order valence-corrected chi connectivity index (χ3v) is 4.73. The average Bonchev–Trinajstić information content (AvgIpc) is 3.26. The number of aryl methyl sites for hydroxylation is 1. The molecule has 0 spiro atoms. The van der Waals surface area contributed by atoms with Gasteiger partial charge < -0.3 is 20.4 Å². The molecule has 8 heteroatoms. The highest BCUT2D eigenvalue weighted by Crippen LogP contribution is 2.20. The Kier molecular flexibility index (Phi) is 7.03. The fraction of sp³-hybridized carbons (Fsp3) is 0.136. The van der Waals surface area contributed by atoms with Gasteiger partial charge in [-0.2, -0.15) is 0 Å². The second-order valence-electron chi connectivity index (χ2n) is 6.53. The highest BCUT2D eigenvalue weighted by molar-refractivity contribution is 9.10. The molecule has 7 nitrogen and oxygen atoms in total. The molecule has 1 aromatic heterocycles. The molecule has 0 saturated heterocycles. The number of halogens is 1. The number of amides is 3. The van der Waals surface area contributed by atoms with Crippen LogP contribution >= 0.6 is 15.9 Å². The Morgan fingerprint density at radius 1 is 0.967 bits per heavy atom. The first kappa shape index (κ1) is 21.3. The van der Waals surface area contributed by atoms with E-state index in [4.69, 9.17) is 4.42 Å². The van der Waals surface area contributed by atoms with E-state index in [2.05, 4.69) is 31.9 Å². The first-order valence-electron chi connectivity index (χ1n) is 9.21. The predicted octanol–water partition coefficient (Wildman–Crippen LogP) is 4.36. The lowest BCUT2D eigenvalue weighted by molar-refractivity contribution is -0.116. The van der Waals surface area contributed by atoms with Crippen molar-refractivity contribution in [1.82, 2.24) is 5.32 Å². The van der Waals surface area contributed by atoms with E-state index in [1.54, 1.807) is 36.4 Å². The SMILES string of the molecule is Cc1ccc(Br)cc1NC(=O)CCNC(=O)c1cccc(NC(=O)c2ccco2)c1. The predicted molar refractivity (Wildman–Crippen MR) is 118 cm³/mol. The summed E-state index contributed by atoms with van der Waals surface area (Å²) in [7, 11) is 0. The van der Waals surface area contributed by atoms with Crippen molar-refractivity contribution >= 4 is 45.0 Å². The van der Waals surface area contributed by atoms with Crippen molar-refractivity contribution < 1.29 is 18.8 Å². The number of carbonyl (C=O) groups is 3. The summed E-state index contributed by atoms with van der Waals surface area (Å²) in [5.41, 5.74) is 2.51. The van der Waals surface area contributed by atoms with Gasteiger partial charge in [-0.05, 0) is 55.0 Å². The summed E-state index contributed by atoms with van der Waals surface area (Å²) in [5, 5.41) is 8.21. The number of hydrogen-bond donors (Lipinski definition) is 3. The fourth-order valence-corrected chi connectivity index (χ4v) is 3.03. The molecule has 0 saturated carbocycles. The zero-order chi connectivity index (χ0) is 21.5. The molecular formula is C22H20BrN3O4. The van der Waals surface area contributed by atoms with Crippen LogP contribution in [0.4, 0.5) is 11.4 Å². The normalized spacial score (nSPS) is 10.3. The standard InChI is InChI=1S/C22H20BrN3O4/c1-14-7-8-16(23)13-18(14)26-20(27)9-10-24-21(28)15-4-2-5-17(12-15)25-22(29)19-6-3-11-30-19/h2-8,11-13H,9-10H2,1H3,(H,24,28)(H,25,29)(H,26,27). The second kappa shape index (κ2) is 9.89. The number of carbonyl (C=O) groups excluding carboxylic acids is 3. The number of anilines is 2. The van der Waals surface area contributed by atoms with Gasteiger partial charge >= 0.3 is 0 Å². The third kappa shape index (κ3) is 5.81. The second-order valence-corrected chi connectivity index (χ2v) is 7.44. The molecule has 2 aromatic carbocycles. The topological polar surface area (TPSA) is 100 Å². The zero-order valence-electron chi connectivity index (χ0n) is 16.2. The van der Waals surface area contributed by atoms with Gasteiger partial charge in [0.15, 0.2) is 5.76 Å². The molecule has 0 atom stereocenters. The van der Waals surface area contributed by atoms with Crippen LogP contribution in [0.25, 0.3) is 0 Å². The van der Waals surface area contributed by atoms with E-state index < -0.39 is 5.91 Å². The van der Waals surface area contributed by atoms with Crippen LogP contribution < -0.4 is 16.0 Å². The molecule has 3 rings (SSSR count). The lowest BCUT2D eigenvalue weighted by atomic mass is 10.2. The summed E-state index contributed by atoms with van der Waals surface area (Å²) < 4.78 is 5.92. The smallest absolute Gasteiger partial charge is 0.291 e. The summed E-state index contributed by atoms with van der Waals surface area (Å²) >= 11 is 3.38. The first-order valence-corrected chi connectivity index (χ1v) is 10.0. The van der Waals surface area contributed by atoms with Crippen LogP contribution in [0.3, 0.4) is 0 Å². The van der Waals surface area contributed by atoms with Gasteiger partial charge in [0.25, 0.3) is 11.8 Å². The van der Waals surface area contributed by atoms with Crippen LogP contribution in [0, 0.1) is 6.92 Å². The average molecular weight is 470 g/mol. The van der Waals surface area contributed by atoms with Crippen molar-refractivity contribution in [2.45, 2.75) is 13.3 Å². The fourth-order valence-electron chi connectivity index (χ4n) is 2.67. The largest absolute Gasteiger partial charge is 0.459 e. The Labute approximate surface area is 182 Å². The van der Waals surface area contributed by atoms with Gasteiger partial charge in [0.1, 0.15) is 0 Å². The summed E-state index contributed by atoms with van der Waals surface area (Å²) in [5.74, 6) is -0.764. The van der Waals surface area contributed by atoms with Crippen molar-refractivity contribution in [2.75, 3.05) is 17.2 Å². The summed E-state index contributed by atoms with van der Waals surface area (Å²) in [6, 6.07) is 15.3. The van der Waals surface area contributed by atoms with Crippen LogP contribution in [0.2, 0.25) is 0 Å². The molecule has 3 amide bonds. The highest BCUT2D eigenvalue weighted by atomic mass is 79.9. The maximum atomic E-state index is 12.4. The summed E-state index contributed by atoms with van der Waals surface area (Å²) in [4.78, 5) is 36.6. The van der Waals surface area contributed by atoms with E-state index in [1.807, 2.05) is 25.1 Å². The van der Waals surface area contributed by atoms with Crippen LogP contribution in [0.1, 0.15) is 32.9 Å². The minimum atomic E-state index is -0.405. The van der Waals surface area contributed by atoms with E-state index >= 15 is 0 Å². The minimum Gasteiger partial charge on any atom is -0.459 e. The van der Waals surface area contributed by atoms with Gasteiger partial charge in [-0.3, -0.25) is 14.4 Å². The Bertz CT molecular complexity index is 1060. The van der Waals surface area contributed by atoms with Gasteiger partial charge in [-0.1, -0.05) is 28.1 Å². The first-order chi connectivity index (χ1) is 14.4. The summed E-state index contributed by atoms with van der Waals surface area (Å²) in [6.07, 6.45) is 1.54. The van der Waals surface area contributed by atoms with E-state index in [1.165, 1.54) is 6.26 Å². The molecule has 0 bridgehead atoms. The minimum absolute atomic E-state index is 0.132. The van der Waals surface area contributed by atoms with E-state index in [-0.39, 0.29) is 30.5 Å². The number of nitrogens with one attached hydrogen (secondary N) is 3. The van der Waals surface area contributed by atoms with Crippen molar-refractivity contribution in [2.24, 2.45) is 0 Å². The molecule has 0 aliphatic carbocycles. The van der Waals surface area contributed by atoms with Crippen molar-refractivity contribution in [3.63, 3.8) is 0 Å². The Morgan fingerprint density at radius 3 is 2.57 bits per heavy atom. The van der Waals surface area contributed by atoms with Gasteiger partial charge in [-0.25, -0.2) is 0 Å². The highest BCUT2D eigenvalue weighted by Gasteiger charge is 2.12. The van der Waals surface area contributed by atoms with E-state index in [0.717, 1.165) is 15.7 Å². The van der Waals surface area contributed by atoms with Crippen LogP contribution in [-0.2, 0) is 4.79 Å². The Balaban J connectivity index is 1.50. The Morgan fingerprint density at radius 2 is 1.80 bits per heavy atom. The monoisotopic (exact) mass is 469 g/mol. The molecule has 1 heterocycles. The van der Waals surface area contributed by atoms with Crippen molar-refractivity contribution in [3.8, 4) is 0 Å². The lowest BCUT2D eigenvalue weighted by Gasteiger charge is -2.10. The third-order valence-electron chi connectivity index (χ3n) is 4.24. The van der Waals surface area contributed by atoms with Gasteiger partial charge in [0.2, 0.25) is 5.91 Å². The molecule has 3 N–H and O–H groups in total. The molecule has 0 aliphatic rings. The number of rotatable bonds is 7. The van der Waals surface area contributed by atoms with Crippen LogP contribution in [0.5, 0.6) is 0 Å². The van der Waals surface area contributed by atoms with Crippen molar-refractivity contribution in [1.29, 1.82) is 0 Å². The maximum Gasteiger partial charge on any atom is 0.291 e. The number of benzene rings is 2. The molecular weight excluding hydrogens is 450 g/mol. The van der Waals surface area contributed by atoms with Gasteiger partial charge in [-0.15, -0.1) is 0 Å². The van der Waals surface area contributed by atoms with Crippen molar-refractivity contribution in [3.05, 3.63) is 82.2 Å². The molecule has 3 aromatic rings. The number of hydrogen-bond acceptors (Lipinski definition) is 4. The van der Waals surface area contributed by atoms with Crippen LogP contribution in [0.15, 0.2) is 69.8 Å². The summed E-state index contributed by atoms with van der Waals surface area (Å²) in [6.45, 7) is 2.09. The van der Waals surface area contributed by atoms with E-state index in [9.17, 15) is 14.4 Å². The van der Waals surface area contributed by atoms with Gasteiger partial charge in [0, 0.05) is 34.4 Å². The maximum absolute atomic E-state index is 12.4. The molecule has 30 heavy (non-hydrogen) atoms. The molecule has 0 aliphatic heterocycles. The molecule has 0 radical (unpaired) electrons. The quantitative estimate of drug-likeness (QED) is 0.478. The molecule has 0 unspecified atom stereocenters. The van der Waals surface area contributed by atoms with Crippen LogP contribution in [-0.4, -0.2) is 24.3 Å².